The van der Waals surface area contributed by atoms with Crippen LogP contribution in [-0.2, 0) is 0 Å². The largest absolute Gasteiger partial charge is 0.496 e. The van der Waals surface area contributed by atoms with Gasteiger partial charge in [-0.2, -0.15) is 0 Å². The van der Waals surface area contributed by atoms with Gasteiger partial charge in [0.1, 0.15) is 11.5 Å². The SMILES string of the molecule is COc1cc(Cl)ccc1C(=O)NNC(=O)c1ccc(C)o1. The molecule has 6 nitrogen and oxygen atoms in total. The van der Waals surface area contributed by atoms with Crippen LogP contribution in [0.1, 0.15) is 26.7 Å². The fraction of sp³-hybridized carbons (Fsp3) is 0.143. The first-order valence-electron chi connectivity index (χ1n) is 6.02. The number of methoxy groups -OCH3 is 1. The topological polar surface area (TPSA) is 80.6 Å². The number of ether oxygens (including phenoxy) is 1. The monoisotopic (exact) mass is 308 g/mol. The molecule has 0 saturated carbocycles. The van der Waals surface area contributed by atoms with Crippen molar-refractivity contribution >= 4 is 23.4 Å². The number of carbonyl (C=O) groups excluding carboxylic acids is 2. The average Bonchev–Trinajstić information content (AvgIpc) is 2.90. The molecule has 21 heavy (non-hydrogen) atoms. The molecule has 0 aliphatic carbocycles. The van der Waals surface area contributed by atoms with Crippen LogP contribution in [0.5, 0.6) is 5.75 Å². The molecule has 0 atom stereocenters. The first kappa shape index (κ1) is 14.9. The first-order valence-corrected chi connectivity index (χ1v) is 6.39. The smallest absolute Gasteiger partial charge is 0.305 e. The number of rotatable bonds is 3. The second-order valence-corrected chi connectivity index (χ2v) is 4.60. The molecule has 2 aromatic rings. The van der Waals surface area contributed by atoms with Crippen LogP contribution in [0.4, 0.5) is 0 Å². The van der Waals surface area contributed by atoms with Crippen LogP contribution in [-0.4, -0.2) is 18.9 Å². The average molecular weight is 309 g/mol. The standard InChI is InChI=1S/C14H13ClN2O4/c1-8-3-6-11(21-8)14(19)17-16-13(18)10-5-4-9(15)7-12(10)20-2/h3-7H,1-2H3,(H,16,18)(H,17,19). The van der Waals surface area contributed by atoms with E-state index >= 15 is 0 Å². The number of hydrazine groups is 1. The lowest BCUT2D eigenvalue weighted by atomic mass is 10.2. The van der Waals surface area contributed by atoms with Gasteiger partial charge in [0.05, 0.1) is 12.7 Å². The number of nitrogens with one attached hydrogen (secondary N) is 2. The summed E-state index contributed by atoms with van der Waals surface area (Å²) in [6.07, 6.45) is 0. The molecule has 0 bridgehead atoms. The molecule has 0 fully saturated rings. The Morgan fingerprint density at radius 2 is 1.86 bits per heavy atom. The van der Waals surface area contributed by atoms with E-state index in [1.807, 2.05) is 0 Å². The van der Waals surface area contributed by atoms with Gasteiger partial charge in [-0.1, -0.05) is 11.6 Å². The molecular formula is C14H13ClN2O4. The zero-order valence-corrected chi connectivity index (χ0v) is 12.2. The highest BCUT2D eigenvalue weighted by Gasteiger charge is 2.15. The van der Waals surface area contributed by atoms with E-state index in [-0.39, 0.29) is 11.3 Å². The lowest BCUT2D eigenvalue weighted by molar-refractivity contribution is 0.0828. The van der Waals surface area contributed by atoms with E-state index in [1.54, 1.807) is 19.1 Å². The van der Waals surface area contributed by atoms with Crippen molar-refractivity contribution in [3.05, 3.63) is 52.4 Å². The van der Waals surface area contributed by atoms with Crippen molar-refractivity contribution in [3.63, 3.8) is 0 Å². The molecule has 2 N–H and O–H groups in total. The molecule has 0 unspecified atom stereocenters. The summed E-state index contributed by atoms with van der Waals surface area (Å²) in [5.41, 5.74) is 4.78. The maximum atomic E-state index is 12.0. The Hall–Kier alpha value is -2.47. The van der Waals surface area contributed by atoms with Crippen molar-refractivity contribution in [2.24, 2.45) is 0 Å². The number of carbonyl (C=O) groups is 2. The molecule has 0 spiro atoms. The van der Waals surface area contributed by atoms with Crippen LogP contribution in [0.15, 0.2) is 34.7 Å². The Morgan fingerprint density at radius 1 is 1.14 bits per heavy atom. The number of hydrogen-bond acceptors (Lipinski definition) is 4. The van der Waals surface area contributed by atoms with E-state index in [4.69, 9.17) is 20.8 Å². The van der Waals surface area contributed by atoms with E-state index in [1.165, 1.54) is 25.3 Å². The predicted octanol–water partition coefficient (Wildman–Crippen LogP) is 2.32. The van der Waals surface area contributed by atoms with Crippen LogP contribution in [0.3, 0.4) is 0 Å². The van der Waals surface area contributed by atoms with E-state index in [0.29, 0.717) is 16.5 Å². The first-order chi connectivity index (χ1) is 10.0. The number of furan rings is 1. The van der Waals surface area contributed by atoms with Crippen LogP contribution < -0.4 is 15.6 Å². The van der Waals surface area contributed by atoms with Gasteiger partial charge >= 0.3 is 5.91 Å². The third-order valence-corrected chi connectivity index (χ3v) is 2.90. The van der Waals surface area contributed by atoms with Gasteiger partial charge < -0.3 is 9.15 Å². The third-order valence-electron chi connectivity index (χ3n) is 2.66. The molecule has 1 aromatic carbocycles. The molecule has 1 heterocycles. The maximum absolute atomic E-state index is 12.0. The Kier molecular flexibility index (Phi) is 4.49. The van der Waals surface area contributed by atoms with Gasteiger partial charge in [0.25, 0.3) is 5.91 Å². The van der Waals surface area contributed by atoms with E-state index < -0.39 is 11.8 Å². The van der Waals surface area contributed by atoms with Crippen molar-refractivity contribution in [1.29, 1.82) is 0 Å². The lowest BCUT2D eigenvalue weighted by Crippen LogP contribution is -2.41. The molecule has 2 rings (SSSR count). The maximum Gasteiger partial charge on any atom is 0.305 e. The van der Waals surface area contributed by atoms with E-state index in [9.17, 15) is 9.59 Å². The molecule has 0 saturated heterocycles. The summed E-state index contributed by atoms with van der Waals surface area (Å²) < 4.78 is 10.2. The predicted molar refractivity (Wildman–Crippen MR) is 76.4 cm³/mol. The summed E-state index contributed by atoms with van der Waals surface area (Å²) >= 11 is 5.82. The van der Waals surface area contributed by atoms with Crippen molar-refractivity contribution in [1.82, 2.24) is 10.9 Å². The van der Waals surface area contributed by atoms with Crippen LogP contribution in [0, 0.1) is 6.92 Å². The molecule has 110 valence electrons. The molecular weight excluding hydrogens is 296 g/mol. The van der Waals surface area contributed by atoms with Crippen molar-refractivity contribution < 1.29 is 18.7 Å². The summed E-state index contributed by atoms with van der Waals surface area (Å²) in [4.78, 5) is 23.7. The summed E-state index contributed by atoms with van der Waals surface area (Å²) in [7, 11) is 1.42. The van der Waals surface area contributed by atoms with Gasteiger partial charge in [0, 0.05) is 5.02 Å². The minimum Gasteiger partial charge on any atom is -0.496 e. The summed E-state index contributed by atoms with van der Waals surface area (Å²) in [6.45, 7) is 1.72. The highest BCUT2D eigenvalue weighted by molar-refractivity contribution is 6.30. The molecule has 0 aliphatic heterocycles. The number of aryl methyl sites for hydroxylation is 1. The molecule has 7 heteroatoms. The van der Waals surface area contributed by atoms with Crippen LogP contribution in [0.2, 0.25) is 5.02 Å². The highest BCUT2D eigenvalue weighted by Crippen LogP contribution is 2.22. The van der Waals surface area contributed by atoms with Gasteiger partial charge in [-0.3, -0.25) is 20.4 Å². The second kappa shape index (κ2) is 6.32. The van der Waals surface area contributed by atoms with Gasteiger partial charge in [-0.25, -0.2) is 0 Å². The highest BCUT2D eigenvalue weighted by atomic mass is 35.5. The Labute approximate surface area is 126 Å². The minimum atomic E-state index is -0.551. The number of amides is 2. The van der Waals surface area contributed by atoms with E-state index in [2.05, 4.69) is 10.9 Å². The normalized spacial score (nSPS) is 10.0. The lowest BCUT2D eigenvalue weighted by Gasteiger charge is -2.10. The number of hydrogen-bond donors (Lipinski definition) is 2. The fourth-order valence-electron chi connectivity index (χ4n) is 1.65. The van der Waals surface area contributed by atoms with E-state index in [0.717, 1.165) is 0 Å². The van der Waals surface area contributed by atoms with Crippen molar-refractivity contribution in [2.45, 2.75) is 6.92 Å². The molecule has 0 aliphatic rings. The van der Waals surface area contributed by atoms with Gasteiger partial charge in [0.2, 0.25) is 0 Å². The van der Waals surface area contributed by atoms with Gasteiger partial charge in [-0.15, -0.1) is 0 Å². The quantitative estimate of drug-likeness (QED) is 0.853. The minimum absolute atomic E-state index is 0.107. The zero-order valence-electron chi connectivity index (χ0n) is 11.4. The summed E-state index contributed by atoms with van der Waals surface area (Å²) in [5.74, 6) is -0.0608. The summed E-state index contributed by atoms with van der Waals surface area (Å²) in [6, 6.07) is 7.73. The second-order valence-electron chi connectivity index (χ2n) is 4.16. The molecule has 1 aromatic heterocycles. The van der Waals surface area contributed by atoms with Crippen LogP contribution in [0.25, 0.3) is 0 Å². The van der Waals surface area contributed by atoms with Crippen LogP contribution >= 0.6 is 11.6 Å². The number of halogens is 1. The van der Waals surface area contributed by atoms with Crippen molar-refractivity contribution in [3.8, 4) is 5.75 Å². The number of benzene rings is 1. The molecule has 2 amide bonds. The molecule has 0 radical (unpaired) electrons. The Bertz CT molecular complexity index is 681. The van der Waals surface area contributed by atoms with Crippen molar-refractivity contribution in [2.75, 3.05) is 7.11 Å². The van der Waals surface area contributed by atoms with Gasteiger partial charge in [-0.05, 0) is 37.3 Å². The summed E-state index contributed by atoms with van der Waals surface area (Å²) in [5, 5.41) is 0.443. The Morgan fingerprint density at radius 3 is 2.48 bits per heavy atom. The zero-order chi connectivity index (χ0) is 15.4. The third kappa shape index (κ3) is 3.55. The van der Waals surface area contributed by atoms with Gasteiger partial charge in [0.15, 0.2) is 5.76 Å². The fourth-order valence-corrected chi connectivity index (χ4v) is 1.81. The Balaban J connectivity index is 2.03.